The number of fused-ring (bicyclic) bond motifs is 1. The van der Waals surface area contributed by atoms with Crippen LogP contribution in [0.15, 0.2) is 46.5 Å². The van der Waals surface area contributed by atoms with Crippen LogP contribution in [0.25, 0.3) is 11.0 Å². The van der Waals surface area contributed by atoms with E-state index in [1.54, 1.807) is 12.1 Å². The SMILES string of the molecule is CC(=O)c1ccc(Sc2nc3ccc(C)cc3[nH]2)cc1N. The summed E-state index contributed by atoms with van der Waals surface area (Å²) in [4.78, 5) is 20.2. The molecule has 0 saturated carbocycles. The molecule has 0 atom stereocenters. The van der Waals surface area contributed by atoms with Crippen LogP contribution in [0.3, 0.4) is 0 Å². The summed E-state index contributed by atoms with van der Waals surface area (Å²) in [5.74, 6) is -0.0248. The molecule has 0 spiro atoms. The monoisotopic (exact) mass is 297 g/mol. The minimum Gasteiger partial charge on any atom is -0.398 e. The number of nitrogen functional groups attached to an aromatic ring is 1. The number of carbonyl (C=O) groups excluding carboxylic acids is 1. The summed E-state index contributed by atoms with van der Waals surface area (Å²) in [6.45, 7) is 3.56. The summed E-state index contributed by atoms with van der Waals surface area (Å²) in [7, 11) is 0. The summed E-state index contributed by atoms with van der Waals surface area (Å²) < 4.78 is 0. The van der Waals surface area contributed by atoms with Crippen LogP contribution in [0, 0.1) is 6.92 Å². The molecule has 0 bridgehead atoms. The third-order valence-electron chi connectivity index (χ3n) is 3.23. The number of H-pyrrole nitrogens is 1. The van der Waals surface area contributed by atoms with Gasteiger partial charge in [0.1, 0.15) is 0 Å². The molecule has 0 unspecified atom stereocenters. The fraction of sp³-hybridized carbons (Fsp3) is 0.125. The van der Waals surface area contributed by atoms with Crippen molar-refractivity contribution in [2.75, 3.05) is 5.73 Å². The lowest BCUT2D eigenvalue weighted by atomic mass is 10.1. The molecule has 0 amide bonds. The van der Waals surface area contributed by atoms with Crippen molar-refractivity contribution >= 4 is 34.3 Å². The number of Topliss-reactive ketones (excluding diaryl/α,β-unsaturated/α-hetero) is 1. The van der Waals surface area contributed by atoms with Crippen LogP contribution >= 0.6 is 11.8 Å². The van der Waals surface area contributed by atoms with Crippen LogP contribution in [0.4, 0.5) is 5.69 Å². The number of carbonyl (C=O) groups is 1. The van der Waals surface area contributed by atoms with Crippen LogP contribution in [-0.4, -0.2) is 15.8 Å². The Labute approximate surface area is 126 Å². The first-order valence-electron chi connectivity index (χ1n) is 6.57. The van der Waals surface area contributed by atoms with E-state index in [1.807, 2.05) is 25.1 Å². The number of nitrogens with two attached hydrogens (primary N) is 1. The molecule has 3 N–H and O–H groups in total. The van der Waals surface area contributed by atoms with E-state index < -0.39 is 0 Å². The molecule has 4 nitrogen and oxygen atoms in total. The van der Waals surface area contributed by atoms with Crippen molar-refractivity contribution in [2.24, 2.45) is 0 Å². The first kappa shape index (κ1) is 13.7. The second kappa shape index (κ2) is 5.26. The Morgan fingerprint density at radius 3 is 2.76 bits per heavy atom. The van der Waals surface area contributed by atoms with Crippen molar-refractivity contribution in [1.29, 1.82) is 0 Å². The number of rotatable bonds is 3. The summed E-state index contributed by atoms with van der Waals surface area (Å²) in [6, 6.07) is 11.6. The van der Waals surface area contributed by atoms with Gasteiger partial charge >= 0.3 is 0 Å². The molecule has 1 heterocycles. The predicted molar refractivity (Wildman–Crippen MR) is 85.8 cm³/mol. The van der Waals surface area contributed by atoms with Crippen LogP contribution < -0.4 is 5.73 Å². The lowest BCUT2D eigenvalue weighted by Crippen LogP contribution is -1.99. The van der Waals surface area contributed by atoms with Gasteiger partial charge in [0, 0.05) is 16.1 Å². The highest BCUT2D eigenvalue weighted by Gasteiger charge is 2.08. The fourth-order valence-corrected chi connectivity index (χ4v) is 3.04. The average Bonchev–Trinajstić information content (AvgIpc) is 2.79. The molecular formula is C16H15N3OS. The van der Waals surface area contributed by atoms with E-state index >= 15 is 0 Å². The van der Waals surface area contributed by atoms with Gasteiger partial charge in [-0.1, -0.05) is 17.8 Å². The minimum absolute atomic E-state index is 0.0248. The Balaban J connectivity index is 1.91. The maximum atomic E-state index is 11.4. The molecule has 0 aliphatic rings. The highest BCUT2D eigenvalue weighted by atomic mass is 32.2. The highest BCUT2D eigenvalue weighted by Crippen LogP contribution is 2.30. The molecule has 0 fully saturated rings. The molecule has 0 radical (unpaired) electrons. The summed E-state index contributed by atoms with van der Waals surface area (Å²) >= 11 is 1.50. The van der Waals surface area contributed by atoms with E-state index in [-0.39, 0.29) is 5.78 Å². The standard InChI is InChI=1S/C16H15N3OS/c1-9-3-6-14-15(7-9)19-16(18-14)21-11-4-5-12(10(2)20)13(17)8-11/h3-8H,17H2,1-2H3,(H,18,19). The Kier molecular flexibility index (Phi) is 3.43. The number of imidazole rings is 1. The molecule has 3 rings (SSSR count). The molecule has 0 aliphatic heterocycles. The number of ketones is 1. The van der Waals surface area contributed by atoms with E-state index in [2.05, 4.69) is 16.0 Å². The van der Waals surface area contributed by atoms with Crippen molar-refractivity contribution in [3.8, 4) is 0 Å². The zero-order chi connectivity index (χ0) is 15.0. The first-order chi connectivity index (χ1) is 10.0. The highest BCUT2D eigenvalue weighted by molar-refractivity contribution is 7.99. The molecule has 21 heavy (non-hydrogen) atoms. The van der Waals surface area contributed by atoms with Crippen molar-refractivity contribution in [3.63, 3.8) is 0 Å². The maximum absolute atomic E-state index is 11.4. The number of anilines is 1. The third kappa shape index (κ3) is 2.78. The summed E-state index contributed by atoms with van der Waals surface area (Å²) in [6.07, 6.45) is 0. The first-order valence-corrected chi connectivity index (χ1v) is 7.39. The van der Waals surface area contributed by atoms with Gasteiger partial charge in [0.2, 0.25) is 0 Å². The van der Waals surface area contributed by atoms with Gasteiger partial charge in [0.25, 0.3) is 0 Å². The third-order valence-corrected chi connectivity index (χ3v) is 4.11. The van der Waals surface area contributed by atoms with Gasteiger partial charge in [0.15, 0.2) is 10.9 Å². The molecule has 1 aromatic heterocycles. The normalized spacial score (nSPS) is 11.0. The van der Waals surface area contributed by atoms with E-state index in [0.29, 0.717) is 11.3 Å². The quantitative estimate of drug-likeness (QED) is 0.569. The van der Waals surface area contributed by atoms with Gasteiger partial charge in [-0.3, -0.25) is 4.79 Å². The smallest absolute Gasteiger partial charge is 0.171 e. The molecule has 5 heteroatoms. The van der Waals surface area contributed by atoms with E-state index in [4.69, 9.17) is 5.73 Å². The molecule has 106 valence electrons. The topological polar surface area (TPSA) is 71.8 Å². The minimum atomic E-state index is -0.0248. The number of aromatic amines is 1. The Bertz CT molecular complexity index is 839. The number of benzene rings is 2. The summed E-state index contributed by atoms with van der Waals surface area (Å²) in [5.41, 5.74) is 10.1. The Morgan fingerprint density at radius 2 is 2.05 bits per heavy atom. The van der Waals surface area contributed by atoms with Crippen LogP contribution in [0.2, 0.25) is 0 Å². The van der Waals surface area contributed by atoms with Crippen molar-refractivity contribution in [1.82, 2.24) is 9.97 Å². The zero-order valence-corrected chi connectivity index (χ0v) is 12.6. The number of nitrogens with one attached hydrogen (secondary N) is 1. The molecule has 2 aromatic carbocycles. The average molecular weight is 297 g/mol. The van der Waals surface area contributed by atoms with E-state index in [0.717, 1.165) is 21.1 Å². The zero-order valence-electron chi connectivity index (χ0n) is 11.8. The van der Waals surface area contributed by atoms with E-state index in [1.165, 1.54) is 24.2 Å². The second-order valence-corrected chi connectivity index (χ2v) is 6.03. The Morgan fingerprint density at radius 1 is 1.24 bits per heavy atom. The van der Waals surface area contributed by atoms with Gasteiger partial charge < -0.3 is 10.7 Å². The predicted octanol–water partition coefficient (Wildman–Crippen LogP) is 3.81. The summed E-state index contributed by atoms with van der Waals surface area (Å²) in [5, 5.41) is 0.811. The maximum Gasteiger partial charge on any atom is 0.171 e. The fourth-order valence-electron chi connectivity index (χ4n) is 2.18. The number of aryl methyl sites for hydroxylation is 1. The number of hydrogen-bond donors (Lipinski definition) is 2. The van der Waals surface area contributed by atoms with Crippen molar-refractivity contribution in [2.45, 2.75) is 23.9 Å². The van der Waals surface area contributed by atoms with Gasteiger partial charge in [0.05, 0.1) is 11.0 Å². The van der Waals surface area contributed by atoms with Crippen molar-refractivity contribution < 1.29 is 4.79 Å². The van der Waals surface area contributed by atoms with Crippen molar-refractivity contribution in [3.05, 3.63) is 47.5 Å². The number of hydrogen-bond acceptors (Lipinski definition) is 4. The largest absolute Gasteiger partial charge is 0.398 e. The lowest BCUT2D eigenvalue weighted by molar-refractivity contribution is 0.101. The van der Waals surface area contributed by atoms with Gasteiger partial charge in [-0.15, -0.1) is 0 Å². The molecule has 0 saturated heterocycles. The van der Waals surface area contributed by atoms with Crippen LogP contribution in [0.5, 0.6) is 0 Å². The van der Waals surface area contributed by atoms with Crippen LogP contribution in [0.1, 0.15) is 22.8 Å². The molecule has 0 aliphatic carbocycles. The van der Waals surface area contributed by atoms with E-state index in [9.17, 15) is 4.79 Å². The second-order valence-electron chi connectivity index (χ2n) is 4.97. The van der Waals surface area contributed by atoms with Crippen LogP contribution in [-0.2, 0) is 0 Å². The molecular weight excluding hydrogens is 282 g/mol. The van der Waals surface area contributed by atoms with Gasteiger partial charge in [-0.25, -0.2) is 4.98 Å². The number of nitrogens with zero attached hydrogens (tertiary/aromatic N) is 1. The van der Waals surface area contributed by atoms with Gasteiger partial charge in [-0.05, 0) is 49.7 Å². The Hall–Kier alpha value is -2.27. The lowest BCUT2D eigenvalue weighted by Gasteiger charge is -2.04. The molecule has 3 aromatic rings. The number of aromatic nitrogens is 2. The van der Waals surface area contributed by atoms with Gasteiger partial charge in [-0.2, -0.15) is 0 Å².